The Morgan fingerprint density at radius 1 is 1.50 bits per heavy atom. The summed E-state index contributed by atoms with van der Waals surface area (Å²) in [5.41, 5.74) is 8.30. The first-order valence-electron chi connectivity index (χ1n) is 6.45. The van der Waals surface area contributed by atoms with Gasteiger partial charge in [0, 0.05) is 11.8 Å². The van der Waals surface area contributed by atoms with E-state index >= 15 is 0 Å². The minimum atomic E-state index is -1.56. The van der Waals surface area contributed by atoms with Crippen LogP contribution in [-0.2, 0) is 19.1 Å². The lowest BCUT2D eigenvalue weighted by molar-refractivity contribution is -0.259. The van der Waals surface area contributed by atoms with Crippen molar-refractivity contribution < 1.29 is 34.4 Å². The maximum Gasteiger partial charge on any atom is 0.332 e. The van der Waals surface area contributed by atoms with Crippen LogP contribution in [0.5, 0.6) is 0 Å². The predicted molar refractivity (Wildman–Crippen MR) is 70.5 cm³/mol. The van der Waals surface area contributed by atoms with Gasteiger partial charge in [-0.3, -0.25) is 4.79 Å². The first-order chi connectivity index (χ1) is 10.3. The number of amides is 1. The van der Waals surface area contributed by atoms with Crippen LogP contribution in [0, 0.1) is 0 Å². The van der Waals surface area contributed by atoms with Crippen molar-refractivity contribution in [3.05, 3.63) is 10.4 Å². The lowest BCUT2D eigenvalue weighted by atomic mass is 9.96. The van der Waals surface area contributed by atoms with Crippen LogP contribution in [0.2, 0.25) is 0 Å². The molecule has 1 aliphatic rings. The quantitative estimate of drug-likeness (QED) is 0.268. The molecule has 0 radical (unpaired) electrons. The number of carbonyl (C=O) groups is 2. The SMILES string of the molecule is CC(=O)N[C@@H]1[C@@H](OC(C)C(=O)O)[C@H](O)[C@@H](CN=[N+]=[N-])O[C@@H]1O. The number of carboxylic acids is 1. The van der Waals surface area contributed by atoms with Gasteiger partial charge in [-0.2, -0.15) is 0 Å². The zero-order chi connectivity index (χ0) is 16.9. The highest BCUT2D eigenvalue weighted by molar-refractivity contribution is 5.73. The van der Waals surface area contributed by atoms with Crippen molar-refractivity contribution in [2.24, 2.45) is 5.11 Å². The van der Waals surface area contributed by atoms with Gasteiger partial charge in [0.2, 0.25) is 5.91 Å². The summed E-state index contributed by atoms with van der Waals surface area (Å²) >= 11 is 0. The van der Waals surface area contributed by atoms with Crippen LogP contribution >= 0.6 is 0 Å². The number of hydrogen-bond acceptors (Lipinski definition) is 7. The van der Waals surface area contributed by atoms with E-state index in [0.717, 1.165) is 0 Å². The van der Waals surface area contributed by atoms with Gasteiger partial charge in [0.25, 0.3) is 0 Å². The number of ether oxygens (including phenoxy) is 2. The highest BCUT2D eigenvalue weighted by Crippen LogP contribution is 2.24. The molecule has 6 atom stereocenters. The van der Waals surface area contributed by atoms with E-state index < -0.39 is 48.6 Å². The van der Waals surface area contributed by atoms with Crippen molar-refractivity contribution in [3.63, 3.8) is 0 Å². The molecule has 22 heavy (non-hydrogen) atoms. The number of aliphatic hydroxyl groups excluding tert-OH is 2. The van der Waals surface area contributed by atoms with Crippen molar-refractivity contribution in [2.45, 2.75) is 50.6 Å². The Morgan fingerprint density at radius 2 is 2.14 bits per heavy atom. The largest absolute Gasteiger partial charge is 0.479 e. The van der Waals surface area contributed by atoms with Crippen LogP contribution in [0.15, 0.2) is 5.11 Å². The second-order valence-electron chi connectivity index (χ2n) is 4.78. The van der Waals surface area contributed by atoms with Crippen molar-refractivity contribution in [2.75, 3.05) is 6.54 Å². The third kappa shape index (κ3) is 4.55. The molecule has 0 bridgehead atoms. The number of carbonyl (C=O) groups excluding carboxylic acids is 1. The van der Waals surface area contributed by atoms with E-state index in [-0.39, 0.29) is 6.54 Å². The van der Waals surface area contributed by atoms with Crippen LogP contribution in [0.4, 0.5) is 0 Å². The van der Waals surface area contributed by atoms with E-state index in [1.165, 1.54) is 13.8 Å². The first kappa shape index (κ1) is 18.1. The molecule has 1 saturated heterocycles. The van der Waals surface area contributed by atoms with Crippen molar-refractivity contribution >= 4 is 11.9 Å². The van der Waals surface area contributed by atoms with Gasteiger partial charge in [-0.1, -0.05) is 5.11 Å². The minimum absolute atomic E-state index is 0.289. The normalized spacial score (nSPS) is 32.6. The lowest BCUT2D eigenvalue weighted by Gasteiger charge is -2.43. The molecule has 0 aromatic rings. The summed E-state index contributed by atoms with van der Waals surface area (Å²) in [7, 11) is 0. The summed E-state index contributed by atoms with van der Waals surface area (Å²) < 4.78 is 10.3. The van der Waals surface area contributed by atoms with Gasteiger partial charge in [-0.05, 0) is 12.5 Å². The van der Waals surface area contributed by atoms with Gasteiger partial charge in [0.05, 0.1) is 12.6 Å². The number of nitrogens with one attached hydrogen (secondary N) is 1. The summed E-state index contributed by atoms with van der Waals surface area (Å²) in [5, 5.41) is 34.6. The number of aliphatic carboxylic acids is 1. The fourth-order valence-electron chi connectivity index (χ4n) is 2.05. The van der Waals surface area contributed by atoms with Crippen LogP contribution in [0.3, 0.4) is 0 Å². The van der Waals surface area contributed by atoms with Gasteiger partial charge in [-0.25, -0.2) is 4.79 Å². The number of carboxylic acid groups (broad SMARTS) is 1. The monoisotopic (exact) mass is 318 g/mol. The number of nitrogens with zero attached hydrogens (tertiary/aromatic N) is 3. The average molecular weight is 318 g/mol. The number of azide groups is 1. The average Bonchev–Trinajstić information content (AvgIpc) is 2.44. The molecule has 0 aromatic carbocycles. The molecule has 0 aliphatic carbocycles. The highest BCUT2D eigenvalue weighted by atomic mass is 16.6. The van der Waals surface area contributed by atoms with E-state index in [9.17, 15) is 19.8 Å². The zero-order valence-electron chi connectivity index (χ0n) is 12.0. The van der Waals surface area contributed by atoms with Crippen LogP contribution < -0.4 is 5.32 Å². The van der Waals surface area contributed by atoms with E-state index in [0.29, 0.717) is 0 Å². The maximum atomic E-state index is 11.2. The molecule has 1 amide bonds. The number of hydrogen-bond donors (Lipinski definition) is 4. The van der Waals surface area contributed by atoms with Crippen LogP contribution in [-0.4, -0.2) is 70.5 Å². The fourth-order valence-corrected chi connectivity index (χ4v) is 2.05. The molecule has 1 fully saturated rings. The maximum absolute atomic E-state index is 11.2. The lowest BCUT2D eigenvalue weighted by Crippen LogP contribution is -2.65. The van der Waals surface area contributed by atoms with E-state index in [2.05, 4.69) is 15.3 Å². The highest BCUT2D eigenvalue weighted by Gasteiger charge is 2.46. The van der Waals surface area contributed by atoms with Crippen LogP contribution in [0.25, 0.3) is 10.4 Å². The smallest absolute Gasteiger partial charge is 0.332 e. The third-order valence-corrected chi connectivity index (χ3v) is 3.10. The molecule has 124 valence electrons. The Morgan fingerprint density at radius 3 is 2.64 bits per heavy atom. The zero-order valence-corrected chi connectivity index (χ0v) is 12.0. The molecule has 11 nitrogen and oxygen atoms in total. The van der Waals surface area contributed by atoms with Gasteiger partial charge in [-0.15, -0.1) is 0 Å². The Labute approximate surface area is 125 Å². The molecular weight excluding hydrogens is 300 g/mol. The Balaban J connectivity index is 2.98. The topological polar surface area (TPSA) is 174 Å². The Bertz CT molecular complexity index is 467. The second kappa shape index (κ2) is 7.92. The van der Waals surface area contributed by atoms with Crippen molar-refractivity contribution in [1.29, 1.82) is 0 Å². The molecule has 4 N–H and O–H groups in total. The molecular formula is C11H18N4O7. The van der Waals surface area contributed by atoms with Crippen molar-refractivity contribution in [3.8, 4) is 0 Å². The third-order valence-electron chi connectivity index (χ3n) is 3.10. The molecule has 0 spiro atoms. The Kier molecular flexibility index (Phi) is 6.53. The molecule has 1 unspecified atom stereocenters. The summed E-state index contributed by atoms with van der Waals surface area (Å²) in [6, 6.07) is -1.17. The van der Waals surface area contributed by atoms with Gasteiger partial charge < -0.3 is 30.1 Å². The van der Waals surface area contributed by atoms with Crippen LogP contribution in [0.1, 0.15) is 13.8 Å². The molecule has 0 saturated carbocycles. The summed E-state index contributed by atoms with van der Waals surface area (Å²) in [6.07, 6.45) is -6.61. The van der Waals surface area contributed by atoms with E-state index in [4.69, 9.17) is 20.1 Å². The number of aliphatic hydroxyl groups is 2. The molecule has 11 heteroatoms. The molecule has 1 rings (SSSR count). The first-order valence-corrected chi connectivity index (χ1v) is 6.45. The van der Waals surface area contributed by atoms with E-state index in [1.807, 2.05) is 0 Å². The predicted octanol–water partition coefficient (Wildman–Crippen LogP) is -1.26. The molecule has 0 aromatic heterocycles. The van der Waals surface area contributed by atoms with Gasteiger partial charge in [0.15, 0.2) is 12.4 Å². The van der Waals surface area contributed by atoms with E-state index in [1.54, 1.807) is 0 Å². The molecule has 1 aliphatic heterocycles. The minimum Gasteiger partial charge on any atom is -0.479 e. The molecule has 1 heterocycles. The standard InChI is InChI=1S/C11H18N4O7/c1-4(10(18)19)21-9-7(14-5(2)16)11(20)22-6(8(9)17)3-13-15-12/h4,6-9,11,17,20H,3H2,1-2H3,(H,14,16)(H,18,19)/t4?,6-,7-,8-,9-,11+/m1/s1. The Hall–Kier alpha value is -1.91. The van der Waals surface area contributed by atoms with Gasteiger partial charge >= 0.3 is 5.97 Å². The second-order valence-corrected chi connectivity index (χ2v) is 4.78. The summed E-state index contributed by atoms with van der Waals surface area (Å²) in [4.78, 5) is 24.6. The summed E-state index contributed by atoms with van der Waals surface area (Å²) in [6.45, 7) is 2.13. The summed E-state index contributed by atoms with van der Waals surface area (Å²) in [5.74, 6) is -1.80. The van der Waals surface area contributed by atoms with Gasteiger partial charge in [0.1, 0.15) is 18.2 Å². The number of rotatable bonds is 6. The van der Waals surface area contributed by atoms with Crippen molar-refractivity contribution in [1.82, 2.24) is 5.32 Å². The fraction of sp³-hybridized carbons (Fsp3) is 0.818.